The molecule has 3 amide bonds. The molecule has 0 aliphatic carbocycles. The first-order valence-corrected chi connectivity index (χ1v) is 7.18. The average molecular weight is 330 g/mol. The summed E-state index contributed by atoms with van der Waals surface area (Å²) in [5.74, 6) is -3.47. The van der Waals surface area contributed by atoms with Crippen molar-refractivity contribution in [1.29, 1.82) is 0 Å². The molecule has 3 rings (SSSR count). The van der Waals surface area contributed by atoms with E-state index in [0.29, 0.717) is 0 Å². The topological polar surface area (TPSA) is 66.5 Å². The highest BCUT2D eigenvalue weighted by molar-refractivity contribution is 6.21. The lowest BCUT2D eigenvalue weighted by Gasteiger charge is -2.13. The maximum Gasteiger partial charge on any atom is 0.261 e. The fourth-order valence-electron chi connectivity index (χ4n) is 2.47. The van der Waals surface area contributed by atoms with Gasteiger partial charge in [-0.1, -0.05) is 18.2 Å². The van der Waals surface area contributed by atoms with Crippen LogP contribution in [0.2, 0.25) is 0 Å². The molecular formula is C17H12F2N2O3. The third-order valence-corrected chi connectivity index (χ3v) is 3.67. The summed E-state index contributed by atoms with van der Waals surface area (Å²) in [5.41, 5.74) is 0.0102. The minimum absolute atomic E-state index is 0.172. The molecule has 2 aromatic rings. The average Bonchev–Trinajstić information content (AvgIpc) is 2.81. The summed E-state index contributed by atoms with van der Waals surface area (Å²) in [4.78, 5) is 37.1. The molecule has 2 aromatic carbocycles. The molecule has 24 heavy (non-hydrogen) atoms. The number of carbonyl (C=O) groups is 3. The third-order valence-electron chi connectivity index (χ3n) is 3.67. The number of hydrogen-bond donors (Lipinski definition) is 1. The molecular weight excluding hydrogens is 318 g/mol. The zero-order chi connectivity index (χ0) is 17.3. The summed E-state index contributed by atoms with van der Waals surface area (Å²) >= 11 is 0. The molecule has 0 saturated heterocycles. The molecule has 1 N–H and O–H groups in total. The van der Waals surface area contributed by atoms with Gasteiger partial charge in [-0.3, -0.25) is 19.3 Å². The van der Waals surface area contributed by atoms with Crippen LogP contribution in [-0.4, -0.2) is 29.2 Å². The maximum absolute atomic E-state index is 13.5. The van der Waals surface area contributed by atoms with Crippen LogP contribution in [0.15, 0.2) is 42.5 Å². The normalized spacial score (nSPS) is 13.2. The van der Waals surface area contributed by atoms with E-state index in [9.17, 15) is 23.2 Å². The van der Waals surface area contributed by atoms with Gasteiger partial charge in [-0.05, 0) is 24.3 Å². The van der Waals surface area contributed by atoms with Crippen LogP contribution < -0.4 is 5.32 Å². The molecule has 0 unspecified atom stereocenters. The quantitative estimate of drug-likeness (QED) is 0.876. The van der Waals surface area contributed by atoms with E-state index in [1.54, 1.807) is 12.1 Å². The highest BCUT2D eigenvalue weighted by Crippen LogP contribution is 2.23. The lowest BCUT2D eigenvalue weighted by molar-refractivity contribution is -0.116. The number of hydrogen-bond acceptors (Lipinski definition) is 3. The highest BCUT2D eigenvalue weighted by atomic mass is 19.1. The van der Waals surface area contributed by atoms with Gasteiger partial charge in [0.25, 0.3) is 11.8 Å². The Hall–Kier alpha value is -3.09. The monoisotopic (exact) mass is 330 g/mol. The Morgan fingerprint density at radius 3 is 2.00 bits per heavy atom. The van der Waals surface area contributed by atoms with Crippen LogP contribution >= 0.6 is 0 Å². The fourth-order valence-corrected chi connectivity index (χ4v) is 2.47. The minimum atomic E-state index is -0.899. The molecule has 0 atom stereocenters. The summed E-state index contributed by atoms with van der Waals surface area (Å²) in [5, 5.41) is 2.12. The van der Waals surface area contributed by atoms with Gasteiger partial charge in [0, 0.05) is 13.0 Å². The first-order valence-electron chi connectivity index (χ1n) is 7.18. The fraction of sp³-hybridized carbons (Fsp3) is 0.118. The van der Waals surface area contributed by atoms with Crippen LogP contribution in [0.4, 0.5) is 14.5 Å². The van der Waals surface area contributed by atoms with Gasteiger partial charge in [0.2, 0.25) is 5.91 Å². The van der Waals surface area contributed by atoms with Crippen LogP contribution in [-0.2, 0) is 4.79 Å². The molecule has 7 heteroatoms. The van der Waals surface area contributed by atoms with Crippen molar-refractivity contribution >= 4 is 23.4 Å². The van der Waals surface area contributed by atoms with Gasteiger partial charge in [-0.25, -0.2) is 8.78 Å². The van der Waals surface area contributed by atoms with Gasteiger partial charge in [-0.2, -0.15) is 0 Å². The van der Waals surface area contributed by atoms with Gasteiger partial charge < -0.3 is 5.32 Å². The smallest absolute Gasteiger partial charge is 0.261 e. The van der Waals surface area contributed by atoms with Crippen molar-refractivity contribution < 1.29 is 23.2 Å². The molecule has 5 nitrogen and oxygen atoms in total. The zero-order valence-corrected chi connectivity index (χ0v) is 12.4. The number of rotatable bonds is 4. The van der Waals surface area contributed by atoms with E-state index in [1.807, 2.05) is 0 Å². The van der Waals surface area contributed by atoms with Crippen molar-refractivity contribution in [1.82, 2.24) is 4.90 Å². The summed E-state index contributed by atoms with van der Waals surface area (Å²) in [6.45, 7) is -0.172. The number of imide groups is 1. The molecule has 0 spiro atoms. The Morgan fingerprint density at radius 1 is 0.917 bits per heavy atom. The van der Waals surface area contributed by atoms with E-state index < -0.39 is 35.0 Å². The minimum Gasteiger partial charge on any atom is -0.321 e. The van der Waals surface area contributed by atoms with Crippen LogP contribution in [0, 0.1) is 11.6 Å². The Bertz CT molecular complexity index is 796. The lowest BCUT2D eigenvalue weighted by atomic mass is 10.1. The molecule has 0 saturated carbocycles. The molecule has 0 aromatic heterocycles. The van der Waals surface area contributed by atoms with Crippen LogP contribution in [0.1, 0.15) is 27.1 Å². The molecule has 1 aliphatic rings. The third kappa shape index (κ3) is 2.76. The predicted molar refractivity (Wildman–Crippen MR) is 81.4 cm³/mol. The van der Waals surface area contributed by atoms with Crippen molar-refractivity contribution in [2.45, 2.75) is 6.42 Å². The number of fused-ring (bicyclic) bond motifs is 1. The van der Waals surface area contributed by atoms with Gasteiger partial charge in [0.1, 0.15) is 17.3 Å². The predicted octanol–water partition coefficient (Wildman–Crippen LogP) is 2.59. The van der Waals surface area contributed by atoms with Gasteiger partial charge in [-0.15, -0.1) is 0 Å². The zero-order valence-electron chi connectivity index (χ0n) is 12.4. The lowest BCUT2D eigenvalue weighted by Crippen LogP contribution is -2.33. The SMILES string of the molecule is O=C(CCN1C(=O)c2ccccc2C1=O)Nc1c(F)cccc1F. The van der Waals surface area contributed by atoms with Crippen molar-refractivity contribution in [3.05, 3.63) is 65.2 Å². The number of para-hydroxylation sites is 1. The Morgan fingerprint density at radius 2 is 1.46 bits per heavy atom. The molecule has 0 bridgehead atoms. The number of carbonyl (C=O) groups excluding carboxylic acids is 3. The molecule has 1 aliphatic heterocycles. The van der Waals surface area contributed by atoms with Crippen LogP contribution in [0.5, 0.6) is 0 Å². The number of nitrogens with zero attached hydrogens (tertiary/aromatic N) is 1. The second-order valence-corrected chi connectivity index (χ2v) is 5.20. The van der Waals surface area contributed by atoms with Crippen molar-refractivity contribution in [2.24, 2.45) is 0 Å². The van der Waals surface area contributed by atoms with Crippen molar-refractivity contribution in [3.8, 4) is 0 Å². The van der Waals surface area contributed by atoms with E-state index in [2.05, 4.69) is 5.32 Å². The molecule has 0 radical (unpaired) electrons. The second kappa shape index (κ2) is 6.19. The van der Waals surface area contributed by atoms with E-state index >= 15 is 0 Å². The van der Waals surface area contributed by atoms with E-state index in [1.165, 1.54) is 18.2 Å². The number of benzene rings is 2. The Balaban J connectivity index is 1.66. The number of halogens is 2. The van der Waals surface area contributed by atoms with Gasteiger partial charge >= 0.3 is 0 Å². The number of amides is 3. The molecule has 122 valence electrons. The van der Waals surface area contributed by atoms with E-state index in [4.69, 9.17) is 0 Å². The standard InChI is InChI=1S/C17H12F2N2O3/c18-12-6-3-7-13(19)15(12)20-14(22)8-9-21-16(23)10-4-1-2-5-11(10)17(21)24/h1-7H,8-9H2,(H,20,22). The summed E-state index contributed by atoms with van der Waals surface area (Å²) in [6.07, 6.45) is -0.265. The largest absolute Gasteiger partial charge is 0.321 e. The molecule has 0 fully saturated rings. The highest BCUT2D eigenvalue weighted by Gasteiger charge is 2.35. The first kappa shape index (κ1) is 15.8. The maximum atomic E-state index is 13.5. The van der Waals surface area contributed by atoms with Gasteiger partial charge in [0.05, 0.1) is 11.1 Å². The first-order chi connectivity index (χ1) is 11.5. The van der Waals surface area contributed by atoms with E-state index in [0.717, 1.165) is 17.0 Å². The summed E-state index contributed by atoms with van der Waals surface area (Å²) in [6, 6.07) is 9.56. The van der Waals surface area contributed by atoms with Crippen molar-refractivity contribution in [2.75, 3.05) is 11.9 Å². The number of anilines is 1. The van der Waals surface area contributed by atoms with Gasteiger partial charge in [0.15, 0.2) is 0 Å². The second-order valence-electron chi connectivity index (χ2n) is 5.20. The molecule has 1 heterocycles. The Kier molecular flexibility index (Phi) is 4.07. The van der Waals surface area contributed by atoms with Crippen LogP contribution in [0.3, 0.4) is 0 Å². The van der Waals surface area contributed by atoms with Crippen LogP contribution in [0.25, 0.3) is 0 Å². The Labute approximate surface area is 135 Å². The number of nitrogens with one attached hydrogen (secondary N) is 1. The van der Waals surface area contributed by atoms with E-state index in [-0.39, 0.29) is 24.1 Å². The summed E-state index contributed by atoms with van der Waals surface area (Å²) < 4.78 is 27.0. The summed E-state index contributed by atoms with van der Waals surface area (Å²) in [7, 11) is 0. The van der Waals surface area contributed by atoms with Crippen molar-refractivity contribution in [3.63, 3.8) is 0 Å².